The van der Waals surface area contributed by atoms with Crippen molar-refractivity contribution in [1.29, 1.82) is 0 Å². The van der Waals surface area contributed by atoms with Gasteiger partial charge in [-0.1, -0.05) is 18.2 Å². The molecule has 0 aliphatic heterocycles. The lowest BCUT2D eigenvalue weighted by molar-refractivity contribution is 0.100. The molecule has 1 amide bonds. The largest absolute Gasteiger partial charge is 0.492 e. The van der Waals surface area contributed by atoms with Crippen LogP contribution in [-0.4, -0.2) is 19.1 Å². The summed E-state index contributed by atoms with van der Waals surface area (Å²) < 4.78 is 5.53. The lowest BCUT2D eigenvalue weighted by Gasteiger charge is -2.06. The fraction of sp³-hybridized carbons (Fsp3) is 0.154. The number of benzene rings is 1. The fourth-order valence-corrected chi connectivity index (χ4v) is 2.40. The maximum absolute atomic E-state index is 11.1. The van der Waals surface area contributed by atoms with Gasteiger partial charge in [0.15, 0.2) is 0 Å². The van der Waals surface area contributed by atoms with Crippen LogP contribution < -0.4 is 21.5 Å². The first-order valence-corrected chi connectivity index (χ1v) is 6.59. The molecule has 5 N–H and O–H groups in total. The van der Waals surface area contributed by atoms with Gasteiger partial charge in [-0.2, -0.15) is 0 Å². The van der Waals surface area contributed by atoms with Crippen molar-refractivity contribution in [3.63, 3.8) is 0 Å². The topological polar surface area (TPSA) is 90.4 Å². The zero-order valence-corrected chi connectivity index (χ0v) is 11.1. The molecule has 0 aliphatic carbocycles. The van der Waals surface area contributed by atoms with E-state index in [1.54, 1.807) is 6.07 Å². The average molecular weight is 277 g/mol. The third-order valence-electron chi connectivity index (χ3n) is 2.40. The Morgan fingerprint density at radius 2 is 2.05 bits per heavy atom. The van der Waals surface area contributed by atoms with Gasteiger partial charge in [-0.3, -0.25) is 4.79 Å². The predicted octanol–water partition coefficient (Wildman–Crippen LogP) is 1.92. The number of hydrogen-bond donors (Lipinski definition) is 3. The van der Waals surface area contributed by atoms with Crippen molar-refractivity contribution in [2.45, 2.75) is 0 Å². The first kappa shape index (κ1) is 13.2. The summed E-state index contributed by atoms with van der Waals surface area (Å²) in [6, 6.07) is 11.3. The molecule has 0 atom stereocenters. The van der Waals surface area contributed by atoms with E-state index in [0.29, 0.717) is 23.7 Å². The molecule has 6 heteroatoms. The molecule has 0 saturated heterocycles. The maximum atomic E-state index is 11.1. The second kappa shape index (κ2) is 6.10. The number of hydrogen-bond acceptors (Lipinski definition) is 5. The number of anilines is 2. The number of nitrogens with two attached hydrogens (primary N) is 2. The second-order valence-corrected chi connectivity index (χ2v) is 4.90. The fourth-order valence-electron chi connectivity index (χ4n) is 1.54. The molecule has 1 aromatic carbocycles. The molecule has 0 unspecified atom stereocenters. The van der Waals surface area contributed by atoms with Gasteiger partial charge in [0.1, 0.15) is 17.2 Å². The summed E-state index contributed by atoms with van der Waals surface area (Å²) in [5.74, 6) is 0.323. The molecule has 2 aromatic rings. The number of nitrogen functional groups attached to an aromatic ring is 1. The third-order valence-corrected chi connectivity index (χ3v) is 3.52. The van der Waals surface area contributed by atoms with E-state index in [-0.39, 0.29) is 0 Å². The molecule has 1 heterocycles. The summed E-state index contributed by atoms with van der Waals surface area (Å²) in [4.78, 5) is 11.4. The van der Waals surface area contributed by atoms with Crippen LogP contribution in [-0.2, 0) is 0 Å². The Morgan fingerprint density at radius 3 is 2.68 bits per heavy atom. The van der Waals surface area contributed by atoms with E-state index in [1.807, 2.05) is 30.3 Å². The van der Waals surface area contributed by atoms with Crippen LogP contribution in [0.4, 0.5) is 10.7 Å². The van der Waals surface area contributed by atoms with Crippen molar-refractivity contribution in [2.75, 3.05) is 24.2 Å². The Morgan fingerprint density at radius 1 is 1.32 bits per heavy atom. The highest BCUT2D eigenvalue weighted by atomic mass is 32.1. The Kier molecular flexibility index (Phi) is 4.25. The van der Waals surface area contributed by atoms with Crippen molar-refractivity contribution >= 4 is 27.9 Å². The van der Waals surface area contributed by atoms with Crippen molar-refractivity contribution in [3.8, 4) is 5.75 Å². The second-order valence-electron chi connectivity index (χ2n) is 3.85. The number of ether oxygens (including phenoxy) is 1. The first-order chi connectivity index (χ1) is 9.16. The zero-order chi connectivity index (χ0) is 13.7. The number of carbonyl (C=O) groups excluding carboxylic acids is 1. The van der Waals surface area contributed by atoms with E-state index in [0.717, 1.165) is 10.8 Å². The summed E-state index contributed by atoms with van der Waals surface area (Å²) in [5, 5.41) is 3.95. The molecule has 0 fully saturated rings. The van der Waals surface area contributed by atoms with Gasteiger partial charge in [-0.05, 0) is 18.2 Å². The minimum atomic E-state index is -0.504. The van der Waals surface area contributed by atoms with Gasteiger partial charge >= 0.3 is 0 Å². The number of carbonyl (C=O) groups is 1. The van der Waals surface area contributed by atoms with E-state index in [9.17, 15) is 4.79 Å². The van der Waals surface area contributed by atoms with Crippen LogP contribution in [0.1, 0.15) is 9.67 Å². The lowest BCUT2D eigenvalue weighted by Crippen LogP contribution is -2.11. The van der Waals surface area contributed by atoms with Gasteiger partial charge in [-0.15, -0.1) is 11.3 Å². The van der Waals surface area contributed by atoms with E-state index >= 15 is 0 Å². The lowest BCUT2D eigenvalue weighted by atomic mass is 10.3. The summed E-state index contributed by atoms with van der Waals surface area (Å²) in [5.41, 5.74) is 11.3. The highest BCUT2D eigenvalue weighted by Crippen LogP contribution is 2.28. The van der Waals surface area contributed by atoms with E-state index in [2.05, 4.69) is 5.32 Å². The van der Waals surface area contributed by atoms with Gasteiger partial charge in [0.2, 0.25) is 0 Å². The summed E-state index contributed by atoms with van der Waals surface area (Å²) in [6.07, 6.45) is 0. The maximum Gasteiger partial charge on any atom is 0.260 e. The van der Waals surface area contributed by atoms with Gasteiger partial charge in [0, 0.05) is 6.54 Å². The average Bonchev–Trinajstić information content (AvgIpc) is 2.77. The molecule has 0 saturated carbocycles. The summed E-state index contributed by atoms with van der Waals surface area (Å²) in [6.45, 7) is 1.14. The van der Waals surface area contributed by atoms with Crippen LogP contribution in [0.2, 0.25) is 0 Å². The van der Waals surface area contributed by atoms with Gasteiger partial charge in [-0.25, -0.2) is 0 Å². The molecule has 0 aliphatic rings. The predicted molar refractivity (Wildman–Crippen MR) is 77.7 cm³/mol. The first-order valence-electron chi connectivity index (χ1n) is 5.77. The van der Waals surface area contributed by atoms with Gasteiger partial charge in [0.05, 0.1) is 10.7 Å². The minimum absolute atomic E-state index is 0.381. The third kappa shape index (κ3) is 3.62. The Labute approximate surface area is 115 Å². The Bertz CT molecular complexity index is 554. The molecule has 100 valence electrons. The monoisotopic (exact) mass is 277 g/mol. The summed E-state index contributed by atoms with van der Waals surface area (Å²) >= 11 is 1.25. The van der Waals surface area contributed by atoms with Crippen LogP contribution in [0.15, 0.2) is 36.4 Å². The van der Waals surface area contributed by atoms with Crippen LogP contribution >= 0.6 is 11.3 Å². The van der Waals surface area contributed by atoms with Crippen molar-refractivity contribution < 1.29 is 9.53 Å². The number of nitrogens with one attached hydrogen (secondary N) is 1. The molecular weight excluding hydrogens is 262 g/mol. The molecule has 1 aromatic heterocycles. The van der Waals surface area contributed by atoms with Crippen LogP contribution in [0.5, 0.6) is 5.75 Å². The smallest absolute Gasteiger partial charge is 0.260 e. The van der Waals surface area contributed by atoms with Crippen LogP contribution in [0.3, 0.4) is 0 Å². The van der Waals surface area contributed by atoms with E-state index < -0.39 is 5.91 Å². The van der Waals surface area contributed by atoms with Crippen molar-refractivity contribution in [3.05, 3.63) is 41.3 Å². The van der Waals surface area contributed by atoms with Crippen molar-refractivity contribution in [2.24, 2.45) is 5.73 Å². The molecule has 2 rings (SSSR count). The van der Waals surface area contributed by atoms with E-state index in [4.69, 9.17) is 16.2 Å². The molecule has 0 spiro atoms. The highest BCUT2D eigenvalue weighted by Gasteiger charge is 2.10. The molecule has 5 nitrogen and oxygen atoms in total. The SMILES string of the molecule is NC(=O)c1sc(NCCOc2ccccc2)cc1N. The van der Waals surface area contributed by atoms with Crippen molar-refractivity contribution in [1.82, 2.24) is 0 Å². The highest BCUT2D eigenvalue weighted by molar-refractivity contribution is 7.18. The number of amides is 1. The van der Waals surface area contributed by atoms with Gasteiger partial charge < -0.3 is 21.5 Å². The summed E-state index contributed by atoms with van der Waals surface area (Å²) in [7, 11) is 0. The normalized spacial score (nSPS) is 10.1. The number of primary amides is 1. The van der Waals surface area contributed by atoms with E-state index in [1.165, 1.54) is 11.3 Å². The quantitative estimate of drug-likeness (QED) is 0.704. The molecule has 0 radical (unpaired) electrons. The zero-order valence-electron chi connectivity index (χ0n) is 10.3. The molecule has 19 heavy (non-hydrogen) atoms. The molecule has 0 bridgehead atoms. The Hall–Kier alpha value is -2.21. The standard InChI is InChI=1S/C13H15N3O2S/c14-10-8-11(19-12(10)13(15)17)16-6-7-18-9-4-2-1-3-5-9/h1-5,8,16H,6-7,14H2,(H2,15,17). The number of rotatable bonds is 6. The number of para-hydroxylation sites is 1. The van der Waals surface area contributed by atoms with Gasteiger partial charge in [0.25, 0.3) is 5.91 Å². The van der Waals surface area contributed by atoms with Crippen LogP contribution in [0, 0.1) is 0 Å². The minimum Gasteiger partial charge on any atom is -0.492 e. The van der Waals surface area contributed by atoms with Crippen LogP contribution in [0.25, 0.3) is 0 Å². The Balaban J connectivity index is 1.80. The number of thiophene rings is 1. The molecular formula is C13H15N3O2S.